The van der Waals surface area contributed by atoms with Gasteiger partial charge in [-0.25, -0.2) is 13.1 Å². The van der Waals surface area contributed by atoms with Gasteiger partial charge in [-0.15, -0.1) is 0 Å². The second-order valence-corrected chi connectivity index (χ2v) is 6.30. The Morgan fingerprint density at radius 2 is 2.05 bits per heavy atom. The summed E-state index contributed by atoms with van der Waals surface area (Å²) < 4.78 is 27.1. The summed E-state index contributed by atoms with van der Waals surface area (Å²) in [6.45, 7) is 4.07. The smallest absolute Gasteiger partial charge is 0.241 e. The molecule has 0 fully saturated rings. The summed E-state index contributed by atoms with van der Waals surface area (Å²) in [5, 5.41) is 8.75. The summed E-state index contributed by atoms with van der Waals surface area (Å²) in [6, 6.07) is 5.01. The molecule has 4 nitrogen and oxygen atoms in total. The van der Waals surface area contributed by atoms with Crippen LogP contribution in [-0.2, 0) is 10.0 Å². The van der Waals surface area contributed by atoms with Crippen molar-refractivity contribution in [2.24, 2.45) is 0 Å². The molecule has 0 amide bonds. The minimum absolute atomic E-state index is 0.167. The van der Waals surface area contributed by atoms with Crippen LogP contribution in [0.5, 0.6) is 0 Å². The summed E-state index contributed by atoms with van der Waals surface area (Å²) in [5.41, 5.74) is 1.35. The SMILES string of the molecule is CCCCCNS(=O)(=O)c1ccc(C)cc1C#CCO. The van der Waals surface area contributed by atoms with Crippen LogP contribution in [0, 0.1) is 18.8 Å². The average Bonchev–Trinajstić information content (AvgIpc) is 2.41. The molecule has 0 aliphatic rings. The van der Waals surface area contributed by atoms with Gasteiger partial charge in [-0.1, -0.05) is 37.7 Å². The summed E-state index contributed by atoms with van der Waals surface area (Å²) >= 11 is 0. The molecule has 0 aliphatic carbocycles. The Labute approximate surface area is 121 Å². The van der Waals surface area contributed by atoms with E-state index in [4.69, 9.17) is 5.11 Å². The topological polar surface area (TPSA) is 66.4 Å². The second kappa shape index (κ2) is 8.05. The highest BCUT2D eigenvalue weighted by Crippen LogP contribution is 2.16. The monoisotopic (exact) mass is 295 g/mol. The maximum absolute atomic E-state index is 12.2. The first-order chi connectivity index (χ1) is 9.51. The van der Waals surface area contributed by atoms with Crippen molar-refractivity contribution in [3.63, 3.8) is 0 Å². The van der Waals surface area contributed by atoms with Crippen molar-refractivity contribution >= 4 is 10.0 Å². The minimum Gasteiger partial charge on any atom is -0.384 e. The number of hydrogen-bond donors (Lipinski definition) is 2. The van der Waals surface area contributed by atoms with Crippen LogP contribution < -0.4 is 4.72 Å². The van der Waals surface area contributed by atoms with Crippen LogP contribution in [0.25, 0.3) is 0 Å². The molecule has 20 heavy (non-hydrogen) atoms. The third kappa shape index (κ3) is 4.97. The Bertz CT molecular complexity index is 597. The van der Waals surface area contributed by atoms with E-state index >= 15 is 0 Å². The third-order valence-electron chi connectivity index (χ3n) is 2.80. The van der Waals surface area contributed by atoms with Crippen LogP contribution in [0.4, 0.5) is 0 Å². The van der Waals surface area contributed by atoms with E-state index in [1.54, 1.807) is 18.2 Å². The number of hydrogen-bond acceptors (Lipinski definition) is 3. The van der Waals surface area contributed by atoms with Crippen LogP contribution in [0.15, 0.2) is 23.1 Å². The Morgan fingerprint density at radius 3 is 2.70 bits per heavy atom. The predicted molar refractivity (Wildman–Crippen MR) is 79.9 cm³/mol. The van der Waals surface area contributed by atoms with Gasteiger partial charge < -0.3 is 5.11 Å². The predicted octanol–water partition coefficient (Wildman–Crippen LogP) is 1.81. The molecule has 2 N–H and O–H groups in total. The van der Waals surface area contributed by atoms with Crippen molar-refractivity contribution in [3.8, 4) is 11.8 Å². The normalized spacial score (nSPS) is 10.9. The lowest BCUT2D eigenvalue weighted by atomic mass is 10.1. The highest BCUT2D eigenvalue weighted by molar-refractivity contribution is 7.89. The van der Waals surface area contributed by atoms with Crippen molar-refractivity contribution in [2.45, 2.75) is 38.0 Å². The van der Waals surface area contributed by atoms with E-state index < -0.39 is 10.0 Å². The number of unbranched alkanes of at least 4 members (excludes halogenated alkanes) is 2. The summed E-state index contributed by atoms with van der Waals surface area (Å²) in [4.78, 5) is 0.167. The van der Waals surface area contributed by atoms with Gasteiger partial charge in [-0.2, -0.15) is 0 Å². The number of aryl methyl sites for hydroxylation is 1. The summed E-state index contributed by atoms with van der Waals surface area (Å²) in [6.07, 6.45) is 2.85. The van der Waals surface area contributed by atoms with Gasteiger partial charge in [0.15, 0.2) is 0 Å². The van der Waals surface area contributed by atoms with Crippen LogP contribution in [0.3, 0.4) is 0 Å². The Balaban J connectivity index is 2.99. The standard InChI is InChI=1S/C15H21NO3S/c1-3-4-5-10-16-20(18,19)15-9-8-13(2)12-14(15)7-6-11-17/h8-9,12,16-17H,3-5,10-11H2,1-2H3. The third-order valence-corrected chi connectivity index (χ3v) is 4.32. The van der Waals surface area contributed by atoms with E-state index in [2.05, 4.69) is 23.5 Å². The lowest BCUT2D eigenvalue weighted by molar-refractivity contribution is 0.350. The van der Waals surface area contributed by atoms with Crippen molar-refractivity contribution in [2.75, 3.05) is 13.2 Å². The van der Waals surface area contributed by atoms with Gasteiger partial charge in [0.1, 0.15) is 6.61 Å². The van der Waals surface area contributed by atoms with Crippen LogP contribution in [0.1, 0.15) is 37.3 Å². The Kier molecular flexibility index (Phi) is 6.73. The Morgan fingerprint density at radius 1 is 1.30 bits per heavy atom. The van der Waals surface area contributed by atoms with Crippen LogP contribution in [-0.4, -0.2) is 26.7 Å². The van der Waals surface area contributed by atoms with E-state index in [-0.39, 0.29) is 11.5 Å². The van der Waals surface area contributed by atoms with E-state index in [1.807, 2.05) is 6.92 Å². The highest BCUT2D eigenvalue weighted by atomic mass is 32.2. The Hall–Kier alpha value is -1.35. The molecule has 0 saturated carbocycles. The molecule has 0 unspecified atom stereocenters. The van der Waals surface area contributed by atoms with Crippen LogP contribution >= 0.6 is 0 Å². The maximum Gasteiger partial charge on any atom is 0.241 e. The fourth-order valence-electron chi connectivity index (χ4n) is 1.77. The number of aliphatic hydroxyl groups excluding tert-OH is 1. The second-order valence-electron chi connectivity index (χ2n) is 4.56. The molecular weight excluding hydrogens is 274 g/mol. The number of benzene rings is 1. The first kappa shape index (κ1) is 16.7. The molecule has 0 spiro atoms. The van der Waals surface area contributed by atoms with E-state index in [0.29, 0.717) is 12.1 Å². The molecule has 0 radical (unpaired) electrons. The number of sulfonamides is 1. The van der Waals surface area contributed by atoms with Gasteiger partial charge in [-0.05, 0) is 31.0 Å². The molecule has 0 saturated heterocycles. The zero-order chi connectivity index (χ0) is 15.0. The quantitative estimate of drug-likeness (QED) is 0.621. The van der Waals surface area contributed by atoms with Gasteiger partial charge in [0.25, 0.3) is 0 Å². The highest BCUT2D eigenvalue weighted by Gasteiger charge is 2.17. The lowest BCUT2D eigenvalue weighted by Gasteiger charge is -2.09. The maximum atomic E-state index is 12.2. The van der Waals surface area contributed by atoms with E-state index in [1.165, 1.54) is 0 Å². The first-order valence-corrected chi connectivity index (χ1v) is 8.19. The molecule has 5 heteroatoms. The molecule has 0 heterocycles. The molecule has 0 aromatic heterocycles. The molecule has 1 aromatic rings. The van der Waals surface area contributed by atoms with Crippen molar-refractivity contribution in [1.29, 1.82) is 0 Å². The number of nitrogens with one attached hydrogen (secondary N) is 1. The zero-order valence-electron chi connectivity index (χ0n) is 11.9. The van der Waals surface area contributed by atoms with Gasteiger partial charge in [-0.3, -0.25) is 0 Å². The molecule has 1 aromatic carbocycles. The van der Waals surface area contributed by atoms with Gasteiger partial charge >= 0.3 is 0 Å². The van der Waals surface area contributed by atoms with Crippen molar-refractivity contribution in [3.05, 3.63) is 29.3 Å². The zero-order valence-corrected chi connectivity index (χ0v) is 12.8. The molecule has 0 atom stereocenters. The minimum atomic E-state index is -3.55. The number of rotatable bonds is 6. The van der Waals surface area contributed by atoms with Crippen molar-refractivity contribution < 1.29 is 13.5 Å². The van der Waals surface area contributed by atoms with E-state index in [9.17, 15) is 8.42 Å². The lowest BCUT2D eigenvalue weighted by Crippen LogP contribution is -2.25. The first-order valence-electron chi connectivity index (χ1n) is 6.71. The van der Waals surface area contributed by atoms with Gasteiger partial charge in [0.2, 0.25) is 10.0 Å². The largest absolute Gasteiger partial charge is 0.384 e. The van der Waals surface area contributed by atoms with Gasteiger partial charge in [0.05, 0.1) is 4.90 Å². The average molecular weight is 295 g/mol. The fourth-order valence-corrected chi connectivity index (χ4v) is 2.99. The molecule has 0 aliphatic heterocycles. The fraction of sp³-hybridized carbons (Fsp3) is 0.467. The van der Waals surface area contributed by atoms with Crippen LogP contribution in [0.2, 0.25) is 0 Å². The van der Waals surface area contributed by atoms with E-state index in [0.717, 1.165) is 24.8 Å². The summed E-state index contributed by atoms with van der Waals surface area (Å²) in [7, 11) is -3.55. The molecule has 110 valence electrons. The van der Waals surface area contributed by atoms with Gasteiger partial charge in [0, 0.05) is 12.1 Å². The van der Waals surface area contributed by atoms with Crippen molar-refractivity contribution in [1.82, 2.24) is 4.72 Å². The molecular formula is C15H21NO3S. The number of aliphatic hydroxyl groups is 1. The molecule has 0 bridgehead atoms. The molecule has 1 rings (SSSR count). The summed E-state index contributed by atoms with van der Waals surface area (Å²) in [5.74, 6) is 5.19.